The van der Waals surface area contributed by atoms with Crippen molar-refractivity contribution in [3.63, 3.8) is 0 Å². The number of phosphoric acid groups is 1. The van der Waals surface area contributed by atoms with Gasteiger partial charge in [-0.15, -0.1) is 0 Å². The summed E-state index contributed by atoms with van der Waals surface area (Å²) in [6.07, 6.45) is -14.2. The average molecular weight is 548 g/mol. The van der Waals surface area contributed by atoms with Crippen LogP contribution in [0.1, 0.15) is 0 Å². The molecule has 0 unspecified atom stereocenters. The molecule has 7 N–H and O–H groups in total. The molecule has 15 heteroatoms. The number of benzene rings is 2. The van der Waals surface area contributed by atoms with Crippen molar-refractivity contribution in [1.82, 2.24) is 0 Å². The van der Waals surface area contributed by atoms with Crippen LogP contribution in [0, 0.1) is 0 Å². The molecule has 2 aliphatic heterocycles. The first-order valence-electron chi connectivity index (χ1n) is 11.2. The highest BCUT2D eigenvalue weighted by molar-refractivity contribution is 7.46. The Labute approximate surface area is 210 Å². The lowest BCUT2D eigenvalue weighted by molar-refractivity contribution is -0.337. The molecule has 2 saturated heterocycles. The zero-order chi connectivity index (χ0) is 26.9. The van der Waals surface area contributed by atoms with Crippen LogP contribution in [0.5, 0.6) is 11.5 Å². The number of phosphoric ester groups is 1. The van der Waals surface area contributed by atoms with Crippen LogP contribution < -0.4 is 9.47 Å². The predicted octanol–water partition coefficient (Wildman–Crippen LogP) is -1.39. The normalized spacial score (nSPS) is 34.9. The van der Waals surface area contributed by atoms with Crippen molar-refractivity contribution in [3.05, 3.63) is 36.4 Å². The van der Waals surface area contributed by atoms with Crippen LogP contribution in [-0.2, 0) is 23.3 Å². The SMILES string of the molecule is COc1ccc2ccc(O[C@@H]3OC[C@@H](O[C@@H]4O[C@H](COP(=O)(O)O)[C@H](O)[C@H](O)[C@H]4O)[C@H](O)[C@H]3O)cc2c1. The quantitative estimate of drug-likeness (QED) is 0.189. The Morgan fingerprint density at radius 3 is 2.19 bits per heavy atom. The van der Waals surface area contributed by atoms with E-state index in [4.69, 9.17) is 33.5 Å². The molecule has 2 aliphatic rings. The summed E-state index contributed by atoms with van der Waals surface area (Å²) in [5, 5.41) is 53.3. The lowest BCUT2D eigenvalue weighted by Crippen LogP contribution is -2.62. The number of methoxy groups -OCH3 is 1. The lowest BCUT2D eigenvalue weighted by atomic mass is 9.99. The van der Waals surface area contributed by atoms with E-state index >= 15 is 0 Å². The first-order chi connectivity index (χ1) is 17.5. The third kappa shape index (κ3) is 6.57. The maximum Gasteiger partial charge on any atom is 0.469 e. The Morgan fingerprint density at radius 1 is 0.865 bits per heavy atom. The maximum atomic E-state index is 11.0. The van der Waals surface area contributed by atoms with Gasteiger partial charge >= 0.3 is 7.82 Å². The van der Waals surface area contributed by atoms with Crippen LogP contribution >= 0.6 is 7.82 Å². The topological polar surface area (TPSA) is 214 Å². The van der Waals surface area contributed by atoms with Gasteiger partial charge < -0.3 is 59.0 Å². The summed E-state index contributed by atoms with van der Waals surface area (Å²) in [7, 11) is -3.36. The van der Waals surface area contributed by atoms with Crippen molar-refractivity contribution >= 4 is 18.6 Å². The number of hydrogen-bond donors (Lipinski definition) is 7. The molecule has 14 nitrogen and oxygen atoms in total. The minimum absolute atomic E-state index is 0.320. The van der Waals surface area contributed by atoms with Crippen molar-refractivity contribution in [3.8, 4) is 11.5 Å². The van der Waals surface area contributed by atoms with E-state index in [2.05, 4.69) is 4.52 Å². The van der Waals surface area contributed by atoms with Gasteiger partial charge in [-0.05, 0) is 35.0 Å². The number of aliphatic hydroxyl groups excluding tert-OH is 5. The molecule has 0 aliphatic carbocycles. The fraction of sp³-hybridized carbons (Fsp3) is 0.545. The van der Waals surface area contributed by atoms with Crippen molar-refractivity contribution in [1.29, 1.82) is 0 Å². The highest BCUT2D eigenvalue weighted by atomic mass is 31.2. The van der Waals surface area contributed by atoms with Gasteiger partial charge in [0.15, 0.2) is 6.29 Å². The van der Waals surface area contributed by atoms with E-state index in [9.17, 15) is 30.1 Å². The third-order valence-electron chi connectivity index (χ3n) is 6.09. The van der Waals surface area contributed by atoms with E-state index in [1.165, 1.54) is 0 Å². The molecule has 0 aromatic heterocycles. The van der Waals surface area contributed by atoms with Gasteiger partial charge in [0.05, 0.1) is 20.3 Å². The molecule has 9 atom stereocenters. The highest BCUT2D eigenvalue weighted by Crippen LogP contribution is 2.37. The fourth-order valence-corrected chi connectivity index (χ4v) is 4.38. The Balaban J connectivity index is 1.39. The van der Waals surface area contributed by atoms with E-state index in [-0.39, 0.29) is 6.61 Å². The van der Waals surface area contributed by atoms with Gasteiger partial charge in [0.2, 0.25) is 6.29 Å². The molecule has 0 radical (unpaired) electrons. The molecule has 206 valence electrons. The van der Waals surface area contributed by atoms with E-state index in [1.54, 1.807) is 31.4 Å². The Hall–Kier alpha value is -1.91. The largest absolute Gasteiger partial charge is 0.497 e. The van der Waals surface area contributed by atoms with Gasteiger partial charge in [-0.1, -0.05) is 12.1 Å². The minimum Gasteiger partial charge on any atom is -0.497 e. The molecular formula is C22H29O14P. The Kier molecular flexibility index (Phi) is 8.70. The zero-order valence-corrected chi connectivity index (χ0v) is 20.4. The maximum absolute atomic E-state index is 11.0. The monoisotopic (exact) mass is 548 g/mol. The molecule has 2 heterocycles. The summed E-state index contributed by atoms with van der Waals surface area (Å²) in [5.74, 6) is 1.00. The molecular weight excluding hydrogens is 519 g/mol. The number of rotatable bonds is 8. The number of aliphatic hydroxyl groups is 5. The number of hydrogen-bond acceptors (Lipinski definition) is 12. The molecule has 0 saturated carbocycles. The van der Waals surface area contributed by atoms with Gasteiger partial charge in [0.1, 0.15) is 54.2 Å². The first kappa shape index (κ1) is 28.1. The molecule has 0 spiro atoms. The minimum atomic E-state index is -4.91. The molecule has 0 bridgehead atoms. The van der Waals surface area contributed by atoms with Crippen molar-refractivity contribution in [2.75, 3.05) is 20.3 Å². The van der Waals surface area contributed by atoms with Crippen molar-refractivity contribution in [2.45, 2.75) is 55.3 Å². The smallest absolute Gasteiger partial charge is 0.469 e. The Morgan fingerprint density at radius 2 is 1.51 bits per heavy atom. The second-order valence-electron chi connectivity index (χ2n) is 8.65. The van der Waals surface area contributed by atoms with E-state index in [0.29, 0.717) is 11.5 Å². The number of fused-ring (bicyclic) bond motifs is 1. The molecule has 0 amide bonds. The molecule has 2 fully saturated rings. The first-order valence-corrected chi connectivity index (χ1v) is 12.8. The Bertz CT molecular complexity index is 1110. The second kappa shape index (κ2) is 11.5. The fourth-order valence-electron chi connectivity index (χ4n) is 4.04. The zero-order valence-electron chi connectivity index (χ0n) is 19.5. The molecule has 2 aromatic carbocycles. The summed E-state index contributed by atoms with van der Waals surface area (Å²) in [6.45, 7) is -1.14. The van der Waals surface area contributed by atoms with Crippen LogP contribution in [-0.4, -0.2) is 111 Å². The predicted molar refractivity (Wildman–Crippen MR) is 122 cm³/mol. The average Bonchev–Trinajstić information content (AvgIpc) is 2.86. The number of ether oxygens (including phenoxy) is 5. The van der Waals surface area contributed by atoms with Crippen LogP contribution in [0.3, 0.4) is 0 Å². The van der Waals surface area contributed by atoms with Gasteiger partial charge in [0.25, 0.3) is 0 Å². The van der Waals surface area contributed by atoms with E-state index in [1.807, 2.05) is 12.1 Å². The molecule has 2 aromatic rings. The van der Waals surface area contributed by atoms with Crippen LogP contribution in [0.25, 0.3) is 10.8 Å². The summed E-state index contributed by atoms with van der Waals surface area (Å²) < 4.78 is 42.5. The highest BCUT2D eigenvalue weighted by Gasteiger charge is 2.48. The lowest BCUT2D eigenvalue weighted by Gasteiger charge is -2.43. The van der Waals surface area contributed by atoms with Crippen LogP contribution in [0.4, 0.5) is 0 Å². The molecule has 4 rings (SSSR count). The third-order valence-corrected chi connectivity index (χ3v) is 6.58. The summed E-state index contributed by atoms with van der Waals surface area (Å²) in [6, 6.07) is 10.7. The second-order valence-corrected chi connectivity index (χ2v) is 9.89. The standard InChI is InChI=1S/C22H29O14P/c1-31-12-4-2-10-3-5-13(7-11(10)6-12)34-21-19(26)17(24)14(8-32-21)35-22-20(27)18(25)16(23)15(36-22)9-33-37(28,29)30/h2-7,14-27H,8-9H2,1H3,(H2,28,29,30)/t14-,15-,16+,17+,18+,19-,20-,21+,22-/m1/s1. The van der Waals surface area contributed by atoms with Crippen LogP contribution in [0.2, 0.25) is 0 Å². The van der Waals surface area contributed by atoms with Crippen molar-refractivity contribution in [2.24, 2.45) is 0 Å². The van der Waals surface area contributed by atoms with Crippen molar-refractivity contribution < 1.29 is 68.1 Å². The van der Waals surface area contributed by atoms with Gasteiger partial charge in [0, 0.05) is 0 Å². The van der Waals surface area contributed by atoms with Gasteiger partial charge in [-0.2, -0.15) is 0 Å². The summed E-state index contributed by atoms with van der Waals surface area (Å²) in [5.41, 5.74) is 0. The summed E-state index contributed by atoms with van der Waals surface area (Å²) in [4.78, 5) is 17.7. The summed E-state index contributed by atoms with van der Waals surface area (Å²) >= 11 is 0. The van der Waals surface area contributed by atoms with Crippen LogP contribution in [0.15, 0.2) is 36.4 Å². The van der Waals surface area contributed by atoms with Gasteiger partial charge in [-0.25, -0.2) is 4.57 Å². The van der Waals surface area contributed by atoms with E-state index < -0.39 is 69.7 Å². The molecule has 37 heavy (non-hydrogen) atoms. The van der Waals surface area contributed by atoms with E-state index in [0.717, 1.165) is 10.8 Å². The van der Waals surface area contributed by atoms with Gasteiger partial charge in [-0.3, -0.25) is 4.52 Å².